The summed E-state index contributed by atoms with van der Waals surface area (Å²) in [5, 5.41) is 6.77. The zero-order valence-corrected chi connectivity index (χ0v) is 12.2. The number of esters is 1. The number of aromatic nitrogens is 2. The summed E-state index contributed by atoms with van der Waals surface area (Å²) in [7, 11) is 0. The number of ether oxygens (including phenoxy) is 1. The Morgan fingerprint density at radius 1 is 1.53 bits per heavy atom. The Labute approximate surface area is 117 Å². The molecule has 0 aromatic carbocycles. The van der Waals surface area contributed by atoms with Crippen molar-refractivity contribution in [2.24, 2.45) is 0 Å². The average Bonchev–Trinajstić information content (AvgIpc) is 2.65. The van der Waals surface area contributed by atoms with Crippen LogP contribution < -0.4 is 5.32 Å². The van der Waals surface area contributed by atoms with Gasteiger partial charge in [-0.15, -0.1) is 0 Å². The van der Waals surface area contributed by atoms with Crippen LogP contribution >= 0.6 is 12.6 Å². The van der Waals surface area contributed by atoms with Crippen molar-refractivity contribution in [3.8, 4) is 0 Å². The van der Waals surface area contributed by atoms with E-state index in [2.05, 4.69) is 23.0 Å². The van der Waals surface area contributed by atoms with Gasteiger partial charge < -0.3 is 10.1 Å². The summed E-state index contributed by atoms with van der Waals surface area (Å²) in [5.74, 6) is -0.570. The molecule has 6 nitrogen and oxygen atoms in total. The van der Waals surface area contributed by atoms with Gasteiger partial charge in [0.05, 0.1) is 12.3 Å². The molecule has 0 aliphatic carbocycles. The van der Waals surface area contributed by atoms with Gasteiger partial charge in [-0.2, -0.15) is 17.7 Å². The van der Waals surface area contributed by atoms with Crippen LogP contribution in [-0.4, -0.2) is 40.1 Å². The third-order valence-electron chi connectivity index (χ3n) is 2.49. The second-order valence-corrected chi connectivity index (χ2v) is 4.50. The summed E-state index contributed by atoms with van der Waals surface area (Å²) in [6.07, 6.45) is 0. The van der Waals surface area contributed by atoms with Crippen LogP contribution in [0.1, 0.15) is 18.3 Å². The molecule has 1 heterocycles. The maximum Gasteiger partial charge on any atom is 0.329 e. The first kappa shape index (κ1) is 15.6. The number of thiol groups is 1. The molecule has 1 atom stereocenters. The highest BCUT2D eigenvalue weighted by molar-refractivity contribution is 7.80. The predicted molar refractivity (Wildman–Crippen MR) is 74.1 cm³/mol. The van der Waals surface area contributed by atoms with E-state index >= 15 is 0 Å². The van der Waals surface area contributed by atoms with Crippen LogP contribution in [0.4, 0.5) is 0 Å². The van der Waals surface area contributed by atoms with Gasteiger partial charge in [-0.25, -0.2) is 4.79 Å². The smallest absolute Gasteiger partial charge is 0.329 e. The molecule has 1 rings (SSSR count). The van der Waals surface area contributed by atoms with Gasteiger partial charge in [0, 0.05) is 11.4 Å². The molecule has 0 unspecified atom stereocenters. The molecule has 1 aromatic heterocycles. The van der Waals surface area contributed by atoms with Crippen LogP contribution in [0.2, 0.25) is 0 Å². The Hall–Kier alpha value is -1.50. The summed E-state index contributed by atoms with van der Waals surface area (Å²) in [4.78, 5) is 23.4. The second kappa shape index (κ2) is 7.18. The van der Waals surface area contributed by atoms with Gasteiger partial charge in [0.2, 0.25) is 5.91 Å². The van der Waals surface area contributed by atoms with Crippen LogP contribution in [0.3, 0.4) is 0 Å². The molecule has 1 amide bonds. The molecule has 19 heavy (non-hydrogen) atoms. The van der Waals surface area contributed by atoms with Crippen molar-refractivity contribution in [1.82, 2.24) is 15.1 Å². The Bertz CT molecular complexity index is 459. The molecule has 0 radical (unpaired) electrons. The average molecular weight is 285 g/mol. The highest BCUT2D eigenvalue weighted by atomic mass is 32.1. The van der Waals surface area contributed by atoms with E-state index in [1.54, 1.807) is 11.6 Å². The van der Waals surface area contributed by atoms with Gasteiger partial charge in [-0.05, 0) is 26.8 Å². The number of rotatable bonds is 6. The molecule has 7 heteroatoms. The molecular formula is C12H19N3O3S. The molecule has 0 spiro atoms. The third kappa shape index (κ3) is 4.59. The predicted octanol–water partition coefficient (Wildman–Crippen LogP) is 0.478. The fourth-order valence-corrected chi connectivity index (χ4v) is 1.87. The number of aryl methyl sites for hydroxylation is 2. The van der Waals surface area contributed by atoms with Gasteiger partial charge in [-0.3, -0.25) is 9.48 Å². The van der Waals surface area contributed by atoms with Crippen LogP contribution in [0.5, 0.6) is 0 Å². The minimum absolute atomic E-state index is 0.0728. The van der Waals surface area contributed by atoms with Crippen LogP contribution in [0.25, 0.3) is 0 Å². The number of nitrogens with zero attached hydrogens (tertiary/aromatic N) is 2. The van der Waals surface area contributed by atoms with Crippen molar-refractivity contribution in [1.29, 1.82) is 0 Å². The number of hydrogen-bond acceptors (Lipinski definition) is 5. The van der Waals surface area contributed by atoms with E-state index in [9.17, 15) is 9.59 Å². The first-order chi connectivity index (χ1) is 8.97. The fourth-order valence-electron chi connectivity index (χ4n) is 1.63. The summed E-state index contributed by atoms with van der Waals surface area (Å²) >= 11 is 4.04. The maximum atomic E-state index is 11.8. The normalized spacial score (nSPS) is 12.0. The molecule has 106 valence electrons. The topological polar surface area (TPSA) is 73.2 Å². The number of amides is 1. The molecule has 1 aromatic rings. The second-order valence-electron chi connectivity index (χ2n) is 4.14. The lowest BCUT2D eigenvalue weighted by Crippen LogP contribution is -2.44. The number of nitrogens with one attached hydrogen (secondary N) is 1. The number of hydrogen-bond donors (Lipinski definition) is 2. The Morgan fingerprint density at radius 2 is 2.21 bits per heavy atom. The lowest BCUT2D eigenvalue weighted by molar-refractivity contribution is -0.146. The first-order valence-electron chi connectivity index (χ1n) is 6.05. The van der Waals surface area contributed by atoms with Gasteiger partial charge >= 0.3 is 5.97 Å². The largest absolute Gasteiger partial charge is 0.464 e. The monoisotopic (exact) mass is 285 g/mol. The Balaban J connectivity index is 2.58. The summed E-state index contributed by atoms with van der Waals surface area (Å²) in [6.45, 7) is 5.79. The molecule has 0 bridgehead atoms. The van der Waals surface area contributed by atoms with Crippen LogP contribution in [-0.2, 0) is 20.9 Å². The Morgan fingerprint density at radius 3 is 2.68 bits per heavy atom. The summed E-state index contributed by atoms with van der Waals surface area (Å²) < 4.78 is 6.44. The molecular weight excluding hydrogens is 266 g/mol. The van der Waals surface area contributed by atoms with E-state index in [0.717, 1.165) is 11.4 Å². The van der Waals surface area contributed by atoms with Crippen molar-refractivity contribution in [3.63, 3.8) is 0 Å². The Kier molecular flexibility index (Phi) is 5.88. The highest BCUT2D eigenvalue weighted by Gasteiger charge is 2.20. The van der Waals surface area contributed by atoms with Gasteiger partial charge in [0.1, 0.15) is 12.6 Å². The summed E-state index contributed by atoms with van der Waals surface area (Å²) in [5.41, 5.74) is 1.74. The van der Waals surface area contributed by atoms with Gasteiger partial charge in [0.15, 0.2) is 0 Å². The summed E-state index contributed by atoms with van der Waals surface area (Å²) in [6, 6.07) is 1.15. The zero-order chi connectivity index (χ0) is 14.4. The van der Waals surface area contributed by atoms with Gasteiger partial charge in [-0.1, -0.05) is 0 Å². The maximum absolute atomic E-state index is 11.8. The lowest BCUT2D eigenvalue weighted by Gasteiger charge is -2.15. The molecule has 0 saturated carbocycles. The SMILES string of the molecule is CCOC(=O)[C@H](CS)NC(=O)Cn1nc(C)cc1C. The van der Waals surface area contributed by atoms with Crippen LogP contribution in [0.15, 0.2) is 6.07 Å². The van der Waals surface area contributed by atoms with Gasteiger partial charge in [0.25, 0.3) is 0 Å². The molecule has 0 aliphatic rings. The van der Waals surface area contributed by atoms with E-state index in [4.69, 9.17) is 4.74 Å². The third-order valence-corrected chi connectivity index (χ3v) is 2.85. The molecule has 1 N–H and O–H groups in total. The minimum atomic E-state index is -0.729. The molecule has 0 fully saturated rings. The van der Waals surface area contributed by atoms with Crippen molar-refractivity contribution in [2.45, 2.75) is 33.4 Å². The number of carbonyl (C=O) groups excluding carboxylic acids is 2. The number of carbonyl (C=O) groups is 2. The van der Waals surface area contributed by atoms with Crippen LogP contribution in [0, 0.1) is 13.8 Å². The lowest BCUT2D eigenvalue weighted by atomic mass is 10.3. The highest BCUT2D eigenvalue weighted by Crippen LogP contribution is 2.01. The van der Waals surface area contributed by atoms with E-state index in [-0.39, 0.29) is 24.8 Å². The standard InChI is InChI=1S/C12H19N3O3S/c1-4-18-12(17)10(7-19)13-11(16)6-15-9(3)5-8(2)14-15/h5,10,19H,4,6-7H2,1-3H3,(H,13,16)/t10-/m0/s1. The van der Waals surface area contributed by atoms with Crippen molar-refractivity contribution in [3.05, 3.63) is 17.5 Å². The quantitative estimate of drug-likeness (QED) is 0.589. The fraction of sp³-hybridized carbons (Fsp3) is 0.583. The zero-order valence-electron chi connectivity index (χ0n) is 11.3. The first-order valence-corrected chi connectivity index (χ1v) is 6.69. The van der Waals surface area contributed by atoms with E-state index in [1.165, 1.54) is 0 Å². The van der Waals surface area contributed by atoms with Crippen molar-refractivity contribution < 1.29 is 14.3 Å². The van der Waals surface area contributed by atoms with E-state index in [0.29, 0.717) is 0 Å². The molecule has 0 aliphatic heterocycles. The van der Waals surface area contributed by atoms with Crippen molar-refractivity contribution in [2.75, 3.05) is 12.4 Å². The molecule has 0 saturated heterocycles. The minimum Gasteiger partial charge on any atom is -0.464 e. The van der Waals surface area contributed by atoms with E-state index < -0.39 is 12.0 Å². The van der Waals surface area contributed by atoms with E-state index in [1.807, 2.05) is 19.9 Å². The van der Waals surface area contributed by atoms with Crippen molar-refractivity contribution >= 4 is 24.5 Å².